The zero-order valence-electron chi connectivity index (χ0n) is 10.9. The molecule has 1 fully saturated rings. The van der Waals surface area contributed by atoms with E-state index in [4.69, 9.17) is 4.74 Å². The molecule has 5 heteroatoms. The van der Waals surface area contributed by atoms with Gasteiger partial charge in [0.15, 0.2) is 0 Å². The Morgan fingerprint density at radius 2 is 2.35 bits per heavy atom. The van der Waals surface area contributed by atoms with Crippen LogP contribution in [0.5, 0.6) is 0 Å². The first-order chi connectivity index (χ1) is 8.24. The Bertz CT molecular complexity index is 348. The third-order valence-corrected chi connectivity index (χ3v) is 3.30. The molecular formula is C12H22N4O. The second kappa shape index (κ2) is 5.60. The topological polar surface area (TPSA) is 52.0 Å². The zero-order valence-corrected chi connectivity index (χ0v) is 10.9. The fourth-order valence-corrected chi connectivity index (χ4v) is 2.39. The summed E-state index contributed by atoms with van der Waals surface area (Å²) in [7, 11) is 3.71. The standard InChI is InChI=1S/C12H22N4O/c1-4-13-11(12(17-3)9-5-6-9)7-10-8-16(2)15-14-10/h8-9,11-13H,4-7H2,1-3H3. The second-order valence-corrected chi connectivity index (χ2v) is 4.79. The maximum Gasteiger partial charge on any atom is 0.0843 e. The first kappa shape index (κ1) is 12.5. The predicted octanol–water partition coefficient (Wildman–Crippen LogP) is 0.761. The van der Waals surface area contributed by atoms with E-state index in [1.165, 1.54) is 12.8 Å². The third-order valence-electron chi connectivity index (χ3n) is 3.30. The van der Waals surface area contributed by atoms with Gasteiger partial charge in [0, 0.05) is 32.8 Å². The van der Waals surface area contributed by atoms with Crippen molar-refractivity contribution < 1.29 is 4.74 Å². The Kier molecular flexibility index (Phi) is 4.12. The van der Waals surface area contributed by atoms with Gasteiger partial charge in [-0.05, 0) is 25.3 Å². The molecule has 0 amide bonds. The number of hydrogen-bond donors (Lipinski definition) is 1. The van der Waals surface area contributed by atoms with Crippen LogP contribution in [0.15, 0.2) is 6.20 Å². The summed E-state index contributed by atoms with van der Waals surface area (Å²) < 4.78 is 7.40. The van der Waals surface area contributed by atoms with E-state index in [1.54, 1.807) is 4.68 Å². The highest BCUT2D eigenvalue weighted by Crippen LogP contribution is 2.36. The van der Waals surface area contributed by atoms with Crippen LogP contribution < -0.4 is 5.32 Å². The molecule has 0 radical (unpaired) electrons. The molecule has 1 N–H and O–H groups in total. The molecule has 5 nitrogen and oxygen atoms in total. The van der Waals surface area contributed by atoms with Gasteiger partial charge < -0.3 is 10.1 Å². The van der Waals surface area contributed by atoms with Crippen LogP contribution in [0.25, 0.3) is 0 Å². The molecule has 1 aromatic heterocycles. The van der Waals surface area contributed by atoms with Gasteiger partial charge in [0.05, 0.1) is 11.8 Å². The van der Waals surface area contributed by atoms with Gasteiger partial charge in [-0.3, -0.25) is 4.68 Å². The van der Waals surface area contributed by atoms with Gasteiger partial charge in [0.2, 0.25) is 0 Å². The van der Waals surface area contributed by atoms with Gasteiger partial charge in [0.25, 0.3) is 0 Å². The lowest BCUT2D eigenvalue weighted by molar-refractivity contribution is 0.0513. The lowest BCUT2D eigenvalue weighted by Crippen LogP contribution is -2.43. The number of aromatic nitrogens is 3. The molecule has 17 heavy (non-hydrogen) atoms. The number of likely N-dealkylation sites (N-methyl/N-ethyl adjacent to an activating group) is 1. The van der Waals surface area contributed by atoms with Crippen molar-refractivity contribution >= 4 is 0 Å². The first-order valence-corrected chi connectivity index (χ1v) is 6.36. The van der Waals surface area contributed by atoms with Crippen LogP contribution in [-0.4, -0.2) is 40.8 Å². The van der Waals surface area contributed by atoms with Crippen LogP contribution in [0.3, 0.4) is 0 Å². The molecule has 0 aliphatic heterocycles. The van der Waals surface area contributed by atoms with Gasteiger partial charge in [-0.1, -0.05) is 12.1 Å². The van der Waals surface area contributed by atoms with Gasteiger partial charge in [0.1, 0.15) is 0 Å². The number of aryl methyl sites for hydroxylation is 1. The van der Waals surface area contributed by atoms with Crippen molar-refractivity contribution in [3.8, 4) is 0 Å². The van der Waals surface area contributed by atoms with Crippen molar-refractivity contribution in [1.82, 2.24) is 20.3 Å². The number of ether oxygens (including phenoxy) is 1. The Morgan fingerprint density at radius 3 is 2.82 bits per heavy atom. The SMILES string of the molecule is CCNC(Cc1cn(C)nn1)C(OC)C1CC1. The van der Waals surface area contributed by atoms with E-state index in [0.717, 1.165) is 24.6 Å². The Labute approximate surface area is 103 Å². The summed E-state index contributed by atoms with van der Waals surface area (Å²) >= 11 is 0. The molecule has 2 rings (SSSR count). The van der Waals surface area contributed by atoms with Gasteiger partial charge in [-0.15, -0.1) is 5.10 Å². The molecule has 1 aliphatic carbocycles. The quantitative estimate of drug-likeness (QED) is 0.762. The second-order valence-electron chi connectivity index (χ2n) is 4.79. The van der Waals surface area contributed by atoms with Crippen LogP contribution in [0.1, 0.15) is 25.5 Å². The van der Waals surface area contributed by atoms with Crippen molar-refractivity contribution in [3.63, 3.8) is 0 Å². The van der Waals surface area contributed by atoms with E-state index in [1.807, 2.05) is 20.4 Å². The Hall–Kier alpha value is -0.940. The summed E-state index contributed by atoms with van der Waals surface area (Å²) in [6, 6.07) is 0.342. The minimum Gasteiger partial charge on any atom is -0.380 e. The fourth-order valence-electron chi connectivity index (χ4n) is 2.39. The molecule has 1 aliphatic rings. The highest BCUT2D eigenvalue weighted by atomic mass is 16.5. The Morgan fingerprint density at radius 1 is 1.59 bits per heavy atom. The highest BCUT2D eigenvalue weighted by Gasteiger charge is 2.36. The molecule has 1 heterocycles. The van der Waals surface area contributed by atoms with Crippen molar-refractivity contribution in [2.45, 2.75) is 38.3 Å². The van der Waals surface area contributed by atoms with Gasteiger partial charge in [-0.2, -0.15) is 0 Å². The summed E-state index contributed by atoms with van der Waals surface area (Å²) in [5, 5.41) is 11.6. The molecule has 0 saturated heterocycles. The van der Waals surface area contributed by atoms with Crippen molar-refractivity contribution in [1.29, 1.82) is 0 Å². The van der Waals surface area contributed by atoms with E-state index in [2.05, 4.69) is 22.6 Å². The summed E-state index contributed by atoms with van der Waals surface area (Å²) in [5.74, 6) is 0.723. The molecule has 2 atom stereocenters. The summed E-state index contributed by atoms with van der Waals surface area (Å²) in [6.45, 7) is 3.08. The average Bonchev–Trinajstić information content (AvgIpc) is 3.04. The van der Waals surface area contributed by atoms with E-state index in [0.29, 0.717) is 12.1 Å². The van der Waals surface area contributed by atoms with Crippen LogP contribution in [0, 0.1) is 5.92 Å². The van der Waals surface area contributed by atoms with Crippen LogP contribution in [0.2, 0.25) is 0 Å². The van der Waals surface area contributed by atoms with E-state index < -0.39 is 0 Å². The summed E-state index contributed by atoms with van der Waals surface area (Å²) in [6.07, 6.45) is 5.75. The monoisotopic (exact) mass is 238 g/mol. The van der Waals surface area contributed by atoms with Gasteiger partial charge in [-0.25, -0.2) is 0 Å². The largest absolute Gasteiger partial charge is 0.380 e. The molecule has 0 bridgehead atoms. The highest BCUT2D eigenvalue weighted by molar-refractivity contribution is 5.00. The summed E-state index contributed by atoms with van der Waals surface area (Å²) in [5.41, 5.74) is 1.03. The van der Waals surface area contributed by atoms with Crippen molar-refractivity contribution in [3.05, 3.63) is 11.9 Å². The summed E-state index contributed by atoms with van der Waals surface area (Å²) in [4.78, 5) is 0. The molecule has 96 valence electrons. The number of rotatable bonds is 7. The molecule has 0 spiro atoms. The fraction of sp³-hybridized carbons (Fsp3) is 0.833. The van der Waals surface area contributed by atoms with E-state index in [-0.39, 0.29) is 0 Å². The number of methoxy groups -OCH3 is 1. The Balaban J connectivity index is 2.00. The lowest BCUT2D eigenvalue weighted by Gasteiger charge is -2.26. The molecule has 1 aromatic rings. The average molecular weight is 238 g/mol. The van der Waals surface area contributed by atoms with Crippen LogP contribution >= 0.6 is 0 Å². The smallest absolute Gasteiger partial charge is 0.0843 e. The first-order valence-electron chi connectivity index (χ1n) is 6.36. The maximum atomic E-state index is 5.65. The number of nitrogens with one attached hydrogen (secondary N) is 1. The molecule has 2 unspecified atom stereocenters. The number of hydrogen-bond acceptors (Lipinski definition) is 4. The van der Waals surface area contributed by atoms with Crippen LogP contribution in [0.4, 0.5) is 0 Å². The predicted molar refractivity (Wildman–Crippen MR) is 65.7 cm³/mol. The molecule has 1 saturated carbocycles. The van der Waals surface area contributed by atoms with Crippen LogP contribution in [-0.2, 0) is 18.2 Å². The van der Waals surface area contributed by atoms with E-state index >= 15 is 0 Å². The molecular weight excluding hydrogens is 216 g/mol. The minimum atomic E-state index is 0.303. The lowest BCUT2D eigenvalue weighted by atomic mass is 10.0. The third kappa shape index (κ3) is 3.26. The molecule has 0 aromatic carbocycles. The van der Waals surface area contributed by atoms with Gasteiger partial charge >= 0.3 is 0 Å². The van der Waals surface area contributed by atoms with Crippen molar-refractivity contribution in [2.24, 2.45) is 13.0 Å². The minimum absolute atomic E-state index is 0.303. The number of nitrogens with zero attached hydrogens (tertiary/aromatic N) is 3. The zero-order chi connectivity index (χ0) is 12.3. The van der Waals surface area contributed by atoms with E-state index in [9.17, 15) is 0 Å². The normalized spacial score (nSPS) is 19.2. The van der Waals surface area contributed by atoms with Crippen molar-refractivity contribution in [2.75, 3.05) is 13.7 Å². The maximum absolute atomic E-state index is 5.65.